The molecular formula is C22H37N3. The van der Waals surface area contributed by atoms with E-state index in [1.807, 2.05) is 0 Å². The highest BCUT2D eigenvalue weighted by Crippen LogP contribution is 2.31. The van der Waals surface area contributed by atoms with Crippen molar-refractivity contribution in [3.05, 3.63) is 23.9 Å². The van der Waals surface area contributed by atoms with Crippen molar-refractivity contribution in [1.29, 1.82) is 0 Å². The summed E-state index contributed by atoms with van der Waals surface area (Å²) in [6, 6.07) is 5.19. The fraction of sp³-hybridized carbons (Fsp3) is 0.773. The lowest BCUT2D eigenvalue weighted by molar-refractivity contribution is 0.133. The molecule has 1 aromatic rings. The van der Waals surface area contributed by atoms with Crippen LogP contribution in [0.5, 0.6) is 0 Å². The van der Waals surface area contributed by atoms with E-state index in [-0.39, 0.29) is 0 Å². The molecule has 0 spiro atoms. The molecule has 0 radical (unpaired) electrons. The summed E-state index contributed by atoms with van der Waals surface area (Å²) in [5.41, 5.74) is 1.34. The van der Waals surface area contributed by atoms with Gasteiger partial charge in [-0.3, -0.25) is 0 Å². The lowest BCUT2D eigenvalue weighted by atomic mass is 9.82. The Bertz CT molecular complexity index is 507. The summed E-state index contributed by atoms with van der Waals surface area (Å²) in [6.07, 6.45) is 9.04. The second-order valence-electron chi connectivity index (χ2n) is 8.84. The van der Waals surface area contributed by atoms with Crippen molar-refractivity contribution in [1.82, 2.24) is 9.88 Å². The summed E-state index contributed by atoms with van der Waals surface area (Å²) in [4.78, 5) is 9.84. The molecule has 0 unspecified atom stereocenters. The molecule has 2 fully saturated rings. The Balaban J connectivity index is 1.43. The predicted octanol–water partition coefficient (Wildman–Crippen LogP) is 4.93. The zero-order valence-corrected chi connectivity index (χ0v) is 16.7. The standard InChI is InChI=1S/C22H37N3/c1-17(2)21-5-6-22(23-16-21)25-13-9-20(10-14-25)15-19-7-11-24(12-8-19)18(3)4/h5-6,16-20H,7-15H2,1-4H3. The van der Waals surface area contributed by atoms with E-state index in [0.29, 0.717) is 5.92 Å². The van der Waals surface area contributed by atoms with Crippen LogP contribution in [0.25, 0.3) is 0 Å². The summed E-state index contributed by atoms with van der Waals surface area (Å²) < 4.78 is 0. The SMILES string of the molecule is CC(C)c1ccc(N2CCC(CC3CCN(C(C)C)CC3)CC2)nc1. The van der Waals surface area contributed by atoms with E-state index in [1.54, 1.807) is 0 Å². The number of rotatable bonds is 5. The van der Waals surface area contributed by atoms with Crippen LogP contribution in [-0.2, 0) is 0 Å². The maximum Gasteiger partial charge on any atom is 0.128 e. The van der Waals surface area contributed by atoms with Gasteiger partial charge in [0.1, 0.15) is 5.82 Å². The maximum absolute atomic E-state index is 4.71. The van der Waals surface area contributed by atoms with E-state index >= 15 is 0 Å². The Morgan fingerprint density at radius 1 is 0.920 bits per heavy atom. The van der Waals surface area contributed by atoms with Crippen LogP contribution in [0, 0.1) is 11.8 Å². The van der Waals surface area contributed by atoms with Gasteiger partial charge in [0.15, 0.2) is 0 Å². The minimum atomic E-state index is 0.564. The van der Waals surface area contributed by atoms with Crippen LogP contribution in [0.1, 0.15) is 71.3 Å². The van der Waals surface area contributed by atoms with Gasteiger partial charge >= 0.3 is 0 Å². The Morgan fingerprint density at radius 2 is 1.52 bits per heavy atom. The lowest BCUT2D eigenvalue weighted by Gasteiger charge is -2.38. The van der Waals surface area contributed by atoms with Crippen molar-refractivity contribution in [2.24, 2.45) is 11.8 Å². The molecule has 2 saturated heterocycles. The van der Waals surface area contributed by atoms with Gasteiger partial charge < -0.3 is 9.80 Å². The minimum Gasteiger partial charge on any atom is -0.357 e. The fourth-order valence-electron chi connectivity index (χ4n) is 4.50. The molecule has 0 atom stereocenters. The molecule has 0 aliphatic carbocycles. The number of anilines is 1. The zero-order valence-electron chi connectivity index (χ0n) is 16.7. The lowest BCUT2D eigenvalue weighted by Crippen LogP contribution is -2.40. The molecule has 0 bridgehead atoms. The Morgan fingerprint density at radius 3 is 2.00 bits per heavy atom. The van der Waals surface area contributed by atoms with Crippen molar-refractivity contribution >= 4 is 5.82 Å². The highest BCUT2D eigenvalue weighted by Gasteiger charge is 2.26. The number of likely N-dealkylation sites (tertiary alicyclic amines) is 1. The Labute approximate surface area is 154 Å². The monoisotopic (exact) mass is 343 g/mol. The Hall–Kier alpha value is -1.09. The van der Waals surface area contributed by atoms with Gasteiger partial charge in [-0.25, -0.2) is 4.98 Å². The van der Waals surface area contributed by atoms with Crippen LogP contribution in [0.3, 0.4) is 0 Å². The number of pyridine rings is 1. The first-order valence-electron chi connectivity index (χ1n) is 10.5. The number of hydrogen-bond acceptors (Lipinski definition) is 3. The summed E-state index contributed by atoms with van der Waals surface area (Å²) >= 11 is 0. The third-order valence-electron chi connectivity index (χ3n) is 6.42. The highest BCUT2D eigenvalue weighted by molar-refractivity contribution is 5.40. The highest BCUT2D eigenvalue weighted by atomic mass is 15.2. The predicted molar refractivity (Wildman–Crippen MR) is 107 cm³/mol. The van der Waals surface area contributed by atoms with Crippen molar-refractivity contribution < 1.29 is 0 Å². The maximum atomic E-state index is 4.71. The van der Waals surface area contributed by atoms with Crippen LogP contribution in [0.2, 0.25) is 0 Å². The van der Waals surface area contributed by atoms with Crippen LogP contribution < -0.4 is 4.90 Å². The summed E-state index contributed by atoms with van der Waals surface area (Å²) in [7, 11) is 0. The van der Waals surface area contributed by atoms with E-state index in [9.17, 15) is 0 Å². The Kier molecular flexibility index (Phi) is 6.38. The van der Waals surface area contributed by atoms with E-state index in [0.717, 1.165) is 17.9 Å². The van der Waals surface area contributed by atoms with Crippen molar-refractivity contribution in [3.63, 3.8) is 0 Å². The molecular weight excluding hydrogens is 306 g/mol. The van der Waals surface area contributed by atoms with Crippen LogP contribution >= 0.6 is 0 Å². The van der Waals surface area contributed by atoms with E-state index < -0.39 is 0 Å². The van der Waals surface area contributed by atoms with Gasteiger partial charge in [-0.2, -0.15) is 0 Å². The van der Waals surface area contributed by atoms with Gasteiger partial charge in [0.05, 0.1) is 0 Å². The van der Waals surface area contributed by atoms with Crippen LogP contribution in [-0.4, -0.2) is 42.1 Å². The normalized spacial score (nSPS) is 21.4. The van der Waals surface area contributed by atoms with Gasteiger partial charge in [0.2, 0.25) is 0 Å². The molecule has 25 heavy (non-hydrogen) atoms. The molecule has 2 aliphatic rings. The van der Waals surface area contributed by atoms with Crippen LogP contribution in [0.4, 0.5) is 5.82 Å². The molecule has 3 heterocycles. The first-order chi connectivity index (χ1) is 12.0. The van der Waals surface area contributed by atoms with Crippen LogP contribution in [0.15, 0.2) is 18.3 Å². The molecule has 0 aromatic carbocycles. The average Bonchev–Trinajstić information content (AvgIpc) is 2.63. The van der Waals surface area contributed by atoms with E-state index in [1.165, 1.54) is 69.7 Å². The molecule has 1 aromatic heterocycles. The first-order valence-corrected chi connectivity index (χ1v) is 10.5. The molecule has 0 saturated carbocycles. The third-order valence-corrected chi connectivity index (χ3v) is 6.42. The molecule has 0 N–H and O–H groups in total. The number of piperidine rings is 2. The third kappa shape index (κ3) is 4.97. The average molecular weight is 344 g/mol. The second kappa shape index (κ2) is 8.53. The van der Waals surface area contributed by atoms with Crippen molar-refractivity contribution in [2.75, 3.05) is 31.1 Å². The minimum absolute atomic E-state index is 0.564. The van der Waals surface area contributed by atoms with Gasteiger partial charge in [-0.1, -0.05) is 19.9 Å². The van der Waals surface area contributed by atoms with Crippen molar-refractivity contribution in [2.45, 2.75) is 71.8 Å². The summed E-state index contributed by atoms with van der Waals surface area (Å²) in [5.74, 6) is 3.64. The molecule has 140 valence electrons. The second-order valence-corrected chi connectivity index (χ2v) is 8.84. The van der Waals surface area contributed by atoms with E-state index in [4.69, 9.17) is 4.98 Å². The number of aromatic nitrogens is 1. The van der Waals surface area contributed by atoms with Gasteiger partial charge in [-0.05, 0) is 88.4 Å². The van der Waals surface area contributed by atoms with Crippen molar-refractivity contribution in [3.8, 4) is 0 Å². The number of hydrogen-bond donors (Lipinski definition) is 0. The van der Waals surface area contributed by atoms with Gasteiger partial charge in [-0.15, -0.1) is 0 Å². The summed E-state index contributed by atoms with van der Waals surface area (Å²) in [5, 5.41) is 0. The largest absolute Gasteiger partial charge is 0.357 e. The molecule has 3 heteroatoms. The van der Waals surface area contributed by atoms with E-state index in [2.05, 4.69) is 55.8 Å². The molecule has 3 nitrogen and oxygen atoms in total. The first kappa shape index (κ1) is 18.7. The number of nitrogens with zero attached hydrogens (tertiary/aromatic N) is 3. The quantitative estimate of drug-likeness (QED) is 0.755. The summed E-state index contributed by atoms with van der Waals surface area (Å²) in [6.45, 7) is 14.1. The van der Waals surface area contributed by atoms with Gasteiger partial charge in [0.25, 0.3) is 0 Å². The molecule has 3 rings (SSSR count). The fourth-order valence-corrected chi connectivity index (χ4v) is 4.50. The zero-order chi connectivity index (χ0) is 17.8. The molecule has 2 aliphatic heterocycles. The molecule has 0 amide bonds. The smallest absolute Gasteiger partial charge is 0.128 e. The van der Waals surface area contributed by atoms with Gasteiger partial charge in [0, 0.05) is 25.3 Å². The topological polar surface area (TPSA) is 19.4 Å².